The molecule has 0 unspecified atom stereocenters. The molecule has 0 saturated heterocycles. The molecule has 2 rings (SSSR count). The van der Waals surface area contributed by atoms with E-state index >= 15 is 0 Å². The van der Waals surface area contributed by atoms with Gasteiger partial charge in [0.25, 0.3) is 0 Å². The largest absolute Gasteiger partial charge is 0.331 e. The Morgan fingerprint density at radius 3 is 2.87 bits per heavy atom. The Bertz CT molecular complexity index is 502. The first-order chi connectivity index (χ1) is 7.13. The first kappa shape index (κ1) is 10.1. The van der Waals surface area contributed by atoms with Crippen molar-refractivity contribution in [1.82, 2.24) is 9.55 Å². The minimum Gasteiger partial charge on any atom is -0.331 e. The van der Waals surface area contributed by atoms with Crippen molar-refractivity contribution in [3.63, 3.8) is 0 Å². The molecular weight excluding hydrogens is 193 g/mol. The summed E-state index contributed by atoms with van der Waals surface area (Å²) in [6.07, 6.45) is 0.714. The molecule has 0 atom stereocenters. The van der Waals surface area contributed by atoms with Gasteiger partial charge in [0, 0.05) is 19.5 Å². The van der Waals surface area contributed by atoms with E-state index in [-0.39, 0.29) is 5.82 Å². The average molecular weight is 207 g/mol. The minimum absolute atomic E-state index is 0.190. The molecule has 2 aromatic rings. The molecule has 0 saturated carbocycles. The van der Waals surface area contributed by atoms with E-state index in [0.29, 0.717) is 18.5 Å². The third kappa shape index (κ3) is 1.61. The molecule has 0 spiro atoms. The summed E-state index contributed by atoms with van der Waals surface area (Å²) >= 11 is 0. The van der Waals surface area contributed by atoms with E-state index in [2.05, 4.69) is 4.98 Å². The molecule has 0 amide bonds. The summed E-state index contributed by atoms with van der Waals surface area (Å²) in [7, 11) is 1.88. The van der Waals surface area contributed by atoms with Crippen LogP contribution in [0.1, 0.15) is 11.4 Å². The van der Waals surface area contributed by atoms with Gasteiger partial charge in [0.2, 0.25) is 0 Å². The summed E-state index contributed by atoms with van der Waals surface area (Å²) in [6, 6.07) is 3.29. The van der Waals surface area contributed by atoms with Gasteiger partial charge in [-0.15, -0.1) is 0 Å². The van der Waals surface area contributed by atoms with E-state index in [4.69, 9.17) is 5.73 Å². The Balaban J connectivity index is 2.66. The molecule has 0 bridgehead atoms. The van der Waals surface area contributed by atoms with Gasteiger partial charge < -0.3 is 10.3 Å². The fourth-order valence-corrected chi connectivity index (χ4v) is 1.72. The molecule has 15 heavy (non-hydrogen) atoms. The fraction of sp³-hybridized carbons (Fsp3) is 0.364. The molecule has 2 N–H and O–H groups in total. The number of hydrogen-bond acceptors (Lipinski definition) is 2. The predicted molar refractivity (Wildman–Crippen MR) is 58.2 cm³/mol. The van der Waals surface area contributed by atoms with Gasteiger partial charge in [-0.2, -0.15) is 0 Å². The summed E-state index contributed by atoms with van der Waals surface area (Å²) in [6.45, 7) is 2.30. The molecule has 0 fully saturated rings. The third-order valence-corrected chi connectivity index (χ3v) is 2.62. The molecule has 4 heteroatoms. The Labute approximate surface area is 87.7 Å². The van der Waals surface area contributed by atoms with E-state index in [1.54, 1.807) is 13.0 Å². The van der Waals surface area contributed by atoms with Gasteiger partial charge in [-0.25, -0.2) is 9.37 Å². The lowest BCUT2D eigenvalue weighted by molar-refractivity contribution is 0.619. The first-order valence-electron chi connectivity index (χ1n) is 4.95. The number of nitrogens with zero attached hydrogens (tertiary/aromatic N) is 2. The van der Waals surface area contributed by atoms with Gasteiger partial charge in [0.15, 0.2) is 0 Å². The second-order valence-corrected chi connectivity index (χ2v) is 3.72. The van der Waals surface area contributed by atoms with E-state index in [1.165, 1.54) is 6.07 Å². The van der Waals surface area contributed by atoms with Crippen molar-refractivity contribution in [2.24, 2.45) is 12.8 Å². The molecule has 1 aromatic carbocycles. The van der Waals surface area contributed by atoms with E-state index in [1.807, 2.05) is 11.6 Å². The van der Waals surface area contributed by atoms with Crippen LogP contribution in [0.5, 0.6) is 0 Å². The lowest BCUT2D eigenvalue weighted by atomic mass is 10.2. The maximum absolute atomic E-state index is 13.4. The smallest absolute Gasteiger partial charge is 0.128 e. The minimum atomic E-state index is -0.190. The Kier molecular flexibility index (Phi) is 2.44. The van der Waals surface area contributed by atoms with Gasteiger partial charge in [-0.1, -0.05) is 0 Å². The van der Waals surface area contributed by atoms with Crippen molar-refractivity contribution in [1.29, 1.82) is 0 Å². The van der Waals surface area contributed by atoms with Crippen LogP contribution >= 0.6 is 0 Å². The van der Waals surface area contributed by atoms with E-state index in [0.717, 1.165) is 16.9 Å². The number of nitrogens with two attached hydrogens (primary N) is 1. The quantitative estimate of drug-likeness (QED) is 0.811. The van der Waals surface area contributed by atoms with Crippen molar-refractivity contribution in [2.75, 3.05) is 6.54 Å². The number of fused-ring (bicyclic) bond motifs is 1. The number of aromatic nitrogens is 2. The number of imidazole rings is 1. The highest BCUT2D eigenvalue weighted by Crippen LogP contribution is 2.19. The van der Waals surface area contributed by atoms with Crippen molar-refractivity contribution < 1.29 is 4.39 Å². The first-order valence-corrected chi connectivity index (χ1v) is 4.95. The highest BCUT2D eigenvalue weighted by Gasteiger charge is 2.09. The molecule has 1 heterocycles. The second kappa shape index (κ2) is 3.62. The normalized spacial score (nSPS) is 11.2. The van der Waals surface area contributed by atoms with Gasteiger partial charge in [-0.3, -0.25) is 0 Å². The van der Waals surface area contributed by atoms with Crippen molar-refractivity contribution in [3.05, 3.63) is 29.3 Å². The topological polar surface area (TPSA) is 43.8 Å². The average Bonchev–Trinajstić information content (AvgIpc) is 2.47. The molecular formula is C11H14FN3. The van der Waals surface area contributed by atoms with E-state index < -0.39 is 0 Å². The molecule has 80 valence electrons. The third-order valence-electron chi connectivity index (χ3n) is 2.62. The van der Waals surface area contributed by atoms with Crippen LogP contribution in [-0.4, -0.2) is 16.1 Å². The zero-order chi connectivity index (χ0) is 11.0. The van der Waals surface area contributed by atoms with Crippen LogP contribution in [0.4, 0.5) is 4.39 Å². The van der Waals surface area contributed by atoms with Crippen LogP contribution in [0.25, 0.3) is 11.0 Å². The van der Waals surface area contributed by atoms with Crippen LogP contribution in [0.15, 0.2) is 12.1 Å². The Hall–Kier alpha value is -1.42. The lowest BCUT2D eigenvalue weighted by Crippen LogP contribution is -2.07. The van der Waals surface area contributed by atoms with Crippen molar-refractivity contribution in [2.45, 2.75) is 13.3 Å². The summed E-state index contributed by atoms with van der Waals surface area (Å²) in [5.74, 6) is 0.710. The highest BCUT2D eigenvalue weighted by atomic mass is 19.1. The lowest BCUT2D eigenvalue weighted by Gasteiger charge is -2.00. The number of aryl methyl sites for hydroxylation is 2. The van der Waals surface area contributed by atoms with Gasteiger partial charge in [0.05, 0.1) is 11.0 Å². The zero-order valence-corrected chi connectivity index (χ0v) is 8.92. The molecule has 1 aromatic heterocycles. The van der Waals surface area contributed by atoms with Crippen LogP contribution < -0.4 is 5.73 Å². The molecule has 0 aliphatic carbocycles. The standard InChI is InChI=1S/C11H14FN3/c1-7-5-9-10(6-8(7)12)15(2)11(14-9)3-4-13/h5-6H,3-4,13H2,1-2H3. The van der Waals surface area contributed by atoms with Crippen LogP contribution in [0.2, 0.25) is 0 Å². The van der Waals surface area contributed by atoms with E-state index in [9.17, 15) is 4.39 Å². The van der Waals surface area contributed by atoms with Gasteiger partial charge >= 0.3 is 0 Å². The summed E-state index contributed by atoms with van der Waals surface area (Å²) in [5, 5.41) is 0. The summed E-state index contributed by atoms with van der Waals surface area (Å²) in [5.41, 5.74) is 7.76. The van der Waals surface area contributed by atoms with Gasteiger partial charge in [0.1, 0.15) is 11.6 Å². The van der Waals surface area contributed by atoms with Crippen LogP contribution in [-0.2, 0) is 13.5 Å². The maximum atomic E-state index is 13.4. The van der Waals surface area contributed by atoms with Gasteiger partial charge in [-0.05, 0) is 25.1 Å². The summed E-state index contributed by atoms with van der Waals surface area (Å²) in [4.78, 5) is 4.42. The Morgan fingerprint density at radius 1 is 1.47 bits per heavy atom. The zero-order valence-electron chi connectivity index (χ0n) is 8.92. The monoisotopic (exact) mass is 207 g/mol. The highest BCUT2D eigenvalue weighted by molar-refractivity contribution is 5.77. The SMILES string of the molecule is Cc1cc2nc(CCN)n(C)c2cc1F. The number of benzene rings is 1. The number of hydrogen-bond donors (Lipinski definition) is 1. The van der Waals surface area contributed by atoms with Crippen LogP contribution in [0.3, 0.4) is 0 Å². The maximum Gasteiger partial charge on any atom is 0.128 e. The van der Waals surface area contributed by atoms with Crippen molar-refractivity contribution >= 4 is 11.0 Å². The predicted octanol–water partition coefficient (Wildman–Crippen LogP) is 1.52. The molecule has 0 aliphatic rings. The fourth-order valence-electron chi connectivity index (χ4n) is 1.72. The number of rotatable bonds is 2. The van der Waals surface area contributed by atoms with Crippen molar-refractivity contribution in [3.8, 4) is 0 Å². The molecule has 3 nitrogen and oxygen atoms in total. The Morgan fingerprint density at radius 2 is 2.20 bits per heavy atom. The number of halogens is 1. The molecule has 0 radical (unpaired) electrons. The summed E-state index contributed by atoms with van der Waals surface area (Å²) < 4.78 is 15.3. The van der Waals surface area contributed by atoms with Crippen LogP contribution in [0, 0.1) is 12.7 Å². The second-order valence-electron chi connectivity index (χ2n) is 3.72. The molecule has 0 aliphatic heterocycles.